The van der Waals surface area contributed by atoms with Gasteiger partial charge in [-0.05, 0) is 29.2 Å². The van der Waals surface area contributed by atoms with Crippen LogP contribution in [0.2, 0.25) is 0 Å². The zero-order valence-electron chi connectivity index (χ0n) is 12.9. The van der Waals surface area contributed by atoms with Crippen molar-refractivity contribution in [3.8, 4) is 16.9 Å². The summed E-state index contributed by atoms with van der Waals surface area (Å²) in [4.78, 5) is 0. The Morgan fingerprint density at radius 2 is 1.09 bits per heavy atom. The van der Waals surface area contributed by atoms with Crippen LogP contribution in [-0.4, -0.2) is 5.11 Å². The fourth-order valence-corrected chi connectivity index (χ4v) is 2.25. The largest absolute Gasteiger partial charge is 0.508 e. The van der Waals surface area contributed by atoms with E-state index in [4.69, 9.17) is 0 Å². The average molecular weight is 290 g/mol. The van der Waals surface area contributed by atoms with Crippen molar-refractivity contribution in [2.45, 2.75) is 19.8 Å². The Bertz CT molecular complexity index is 622. The van der Waals surface area contributed by atoms with E-state index in [9.17, 15) is 5.11 Å². The number of benzene rings is 3. The van der Waals surface area contributed by atoms with E-state index in [1.807, 2.05) is 30.3 Å². The number of para-hydroxylation sites is 1. The van der Waals surface area contributed by atoms with Crippen molar-refractivity contribution in [2.24, 2.45) is 0 Å². The van der Waals surface area contributed by atoms with Crippen LogP contribution in [0.15, 0.2) is 84.9 Å². The fraction of sp³-hybridized carbons (Fsp3) is 0.143. The predicted molar refractivity (Wildman–Crippen MR) is 94.0 cm³/mol. The van der Waals surface area contributed by atoms with E-state index in [0.717, 1.165) is 18.4 Å². The second kappa shape index (κ2) is 8.68. The van der Waals surface area contributed by atoms with Gasteiger partial charge < -0.3 is 5.11 Å². The number of aromatic hydroxyl groups is 1. The lowest BCUT2D eigenvalue weighted by Gasteiger charge is -1.99. The van der Waals surface area contributed by atoms with Gasteiger partial charge in [0.15, 0.2) is 0 Å². The van der Waals surface area contributed by atoms with Gasteiger partial charge in [0.25, 0.3) is 0 Å². The fourth-order valence-electron chi connectivity index (χ4n) is 2.25. The Balaban J connectivity index is 0.000000164. The third-order valence-electron chi connectivity index (χ3n) is 3.39. The van der Waals surface area contributed by atoms with Crippen molar-refractivity contribution >= 4 is 0 Å². The molecule has 0 aliphatic heterocycles. The van der Waals surface area contributed by atoms with Crippen LogP contribution in [0.5, 0.6) is 5.75 Å². The summed E-state index contributed by atoms with van der Waals surface area (Å²) in [5.41, 5.74) is 3.60. The first kappa shape index (κ1) is 15.8. The lowest BCUT2D eigenvalue weighted by Crippen LogP contribution is -1.81. The molecule has 0 amide bonds. The molecule has 3 aromatic rings. The van der Waals surface area contributed by atoms with Gasteiger partial charge in [-0.2, -0.15) is 0 Å². The third-order valence-corrected chi connectivity index (χ3v) is 3.39. The van der Waals surface area contributed by atoms with E-state index in [-0.39, 0.29) is 0 Å². The van der Waals surface area contributed by atoms with Crippen LogP contribution in [0.25, 0.3) is 11.1 Å². The minimum Gasteiger partial charge on any atom is -0.508 e. The van der Waals surface area contributed by atoms with Crippen LogP contribution >= 0.6 is 0 Å². The number of rotatable bonds is 3. The first-order valence-electron chi connectivity index (χ1n) is 7.68. The molecule has 0 heterocycles. The molecule has 0 fully saturated rings. The maximum Gasteiger partial charge on any atom is 0.118 e. The highest BCUT2D eigenvalue weighted by Crippen LogP contribution is 2.17. The molecule has 0 saturated carbocycles. The normalized spacial score (nSPS) is 9.68. The van der Waals surface area contributed by atoms with E-state index < -0.39 is 0 Å². The van der Waals surface area contributed by atoms with Crippen LogP contribution in [0.1, 0.15) is 18.9 Å². The monoisotopic (exact) mass is 290 g/mol. The number of hydrogen-bond acceptors (Lipinski definition) is 1. The molecule has 0 unspecified atom stereocenters. The molecule has 0 aliphatic carbocycles. The lowest BCUT2D eigenvalue weighted by atomic mass is 10.1. The second-order valence-corrected chi connectivity index (χ2v) is 5.11. The molecule has 3 aromatic carbocycles. The minimum absolute atomic E-state index is 0.421. The van der Waals surface area contributed by atoms with Crippen molar-refractivity contribution < 1.29 is 5.11 Å². The standard InChI is InChI=1S/C12H10.C9H12O/c1-3-7-11(8-4-1)12-9-5-2-6-10-12;1-2-5-8-6-3-4-7-9(8)10/h1-10H;3-4,6-7,10H,2,5H2,1H3. The van der Waals surface area contributed by atoms with E-state index in [0.29, 0.717) is 5.75 Å². The van der Waals surface area contributed by atoms with Crippen molar-refractivity contribution in [1.29, 1.82) is 0 Å². The Kier molecular flexibility index (Phi) is 6.25. The molecular formula is C21H22O. The van der Waals surface area contributed by atoms with Crippen LogP contribution in [-0.2, 0) is 6.42 Å². The molecular weight excluding hydrogens is 268 g/mol. The average Bonchev–Trinajstić information content (AvgIpc) is 2.59. The van der Waals surface area contributed by atoms with Gasteiger partial charge in [-0.3, -0.25) is 0 Å². The molecule has 0 atom stereocenters. The van der Waals surface area contributed by atoms with Gasteiger partial charge in [0, 0.05) is 0 Å². The summed E-state index contributed by atoms with van der Waals surface area (Å²) in [6.45, 7) is 2.10. The van der Waals surface area contributed by atoms with Crippen LogP contribution in [0, 0.1) is 0 Å². The molecule has 22 heavy (non-hydrogen) atoms. The third kappa shape index (κ3) is 4.78. The van der Waals surface area contributed by atoms with E-state index in [1.54, 1.807) is 6.07 Å². The maximum absolute atomic E-state index is 9.24. The maximum atomic E-state index is 9.24. The van der Waals surface area contributed by atoms with Crippen molar-refractivity contribution in [2.75, 3.05) is 0 Å². The topological polar surface area (TPSA) is 20.2 Å². The van der Waals surface area contributed by atoms with Gasteiger partial charge in [-0.1, -0.05) is 92.2 Å². The lowest BCUT2D eigenvalue weighted by molar-refractivity contribution is 0.467. The van der Waals surface area contributed by atoms with Gasteiger partial charge in [-0.25, -0.2) is 0 Å². The molecule has 0 bridgehead atoms. The highest BCUT2D eigenvalue weighted by Gasteiger charge is 1.95. The molecule has 0 aromatic heterocycles. The number of aryl methyl sites for hydroxylation is 1. The summed E-state index contributed by atoms with van der Waals surface area (Å²) in [5.74, 6) is 0.421. The molecule has 0 saturated heterocycles. The number of phenolic OH excluding ortho intramolecular Hbond substituents is 1. The Morgan fingerprint density at radius 3 is 1.55 bits per heavy atom. The van der Waals surface area contributed by atoms with Crippen molar-refractivity contribution in [3.05, 3.63) is 90.5 Å². The SMILES string of the molecule is CCCc1ccccc1O.c1ccc(-c2ccccc2)cc1. The van der Waals surface area contributed by atoms with Gasteiger partial charge in [-0.15, -0.1) is 0 Å². The molecule has 0 spiro atoms. The molecule has 3 rings (SSSR count). The summed E-state index contributed by atoms with van der Waals surface area (Å²) in [6, 6.07) is 28.3. The summed E-state index contributed by atoms with van der Waals surface area (Å²) in [6.07, 6.45) is 2.05. The molecule has 112 valence electrons. The first-order chi connectivity index (χ1) is 10.8. The summed E-state index contributed by atoms with van der Waals surface area (Å²) >= 11 is 0. The zero-order valence-corrected chi connectivity index (χ0v) is 12.9. The second-order valence-electron chi connectivity index (χ2n) is 5.11. The summed E-state index contributed by atoms with van der Waals surface area (Å²) in [7, 11) is 0. The summed E-state index contributed by atoms with van der Waals surface area (Å²) < 4.78 is 0. The molecule has 1 nitrogen and oxygen atoms in total. The van der Waals surface area contributed by atoms with E-state index >= 15 is 0 Å². The van der Waals surface area contributed by atoms with Crippen molar-refractivity contribution in [1.82, 2.24) is 0 Å². The van der Waals surface area contributed by atoms with Gasteiger partial charge in [0.1, 0.15) is 5.75 Å². The van der Waals surface area contributed by atoms with Crippen LogP contribution < -0.4 is 0 Å². The Morgan fingerprint density at radius 1 is 0.636 bits per heavy atom. The highest BCUT2D eigenvalue weighted by molar-refractivity contribution is 5.62. The zero-order chi connectivity index (χ0) is 15.6. The van der Waals surface area contributed by atoms with Gasteiger partial charge >= 0.3 is 0 Å². The van der Waals surface area contributed by atoms with Crippen LogP contribution in [0.4, 0.5) is 0 Å². The van der Waals surface area contributed by atoms with Gasteiger partial charge in [0.2, 0.25) is 0 Å². The van der Waals surface area contributed by atoms with Crippen molar-refractivity contribution in [3.63, 3.8) is 0 Å². The number of phenols is 1. The minimum atomic E-state index is 0.421. The number of hydrogen-bond donors (Lipinski definition) is 1. The van der Waals surface area contributed by atoms with E-state index in [1.165, 1.54) is 11.1 Å². The van der Waals surface area contributed by atoms with Crippen LogP contribution in [0.3, 0.4) is 0 Å². The van der Waals surface area contributed by atoms with Gasteiger partial charge in [0.05, 0.1) is 0 Å². The first-order valence-corrected chi connectivity index (χ1v) is 7.68. The molecule has 1 heteroatoms. The quantitative estimate of drug-likeness (QED) is 0.656. The Hall–Kier alpha value is -2.54. The predicted octanol–water partition coefficient (Wildman–Crippen LogP) is 5.70. The smallest absolute Gasteiger partial charge is 0.118 e. The molecule has 0 radical (unpaired) electrons. The Labute approximate surface area is 132 Å². The van der Waals surface area contributed by atoms with E-state index in [2.05, 4.69) is 55.5 Å². The molecule has 0 aliphatic rings. The molecule has 1 N–H and O–H groups in total. The highest BCUT2D eigenvalue weighted by atomic mass is 16.3. The summed E-state index contributed by atoms with van der Waals surface area (Å²) in [5, 5.41) is 9.24.